The molecule has 2 aromatic rings. The summed E-state index contributed by atoms with van der Waals surface area (Å²) in [6, 6.07) is 7.87. The van der Waals surface area contributed by atoms with E-state index in [1.165, 1.54) is 0 Å². The number of thiazole rings is 1. The summed E-state index contributed by atoms with van der Waals surface area (Å²) < 4.78 is 17.1. The number of aryl methyl sites for hydroxylation is 1. The summed E-state index contributed by atoms with van der Waals surface area (Å²) in [5, 5.41) is 12.6. The van der Waals surface area contributed by atoms with E-state index >= 15 is 0 Å². The van der Waals surface area contributed by atoms with Gasteiger partial charge in [0.1, 0.15) is 11.4 Å². The molecule has 5 nitrogen and oxygen atoms in total. The lowest BCUT2D eigenvalue weighted by atomic mass is 9.99. The molecule has 27 heavy (non-hydrogen) atoms. The minimum atomic E-state index is -0.445. The number of epoxide rings is 1. The second kappa shape index (κ2) is 8.52. The van der Waals surface area contributed by atoms with Crippen LogP contribution in [0, 0.1) is 6.92 Å². The zero-order valence-corrected chi connectivity index (χ0v) is 17.1. The number of nitrogens with zero attached hydrogens (tertiary/aromatic N) is 1. The lowest BCUT2D eigenvalue weighted by Crippen LogP contribution is -2.22. The Kier molecular flexibility index (Phi) is 6.32. The van der Waals surface area contributed by atoms with Gasteiger partial charge in [-0.3, -0.25) is 0 Å². The van der Waals surface area contributed by atoms with Gasteiger partial charge in [-0.1, -0.05) is 12.1 Å². The molecule has 2 heterocycles. The van der Waals surface area contributed by atoms with Crippen LogP contribution in [0.15, 0.2) is 35.2 Å². The van der Waals surface area contributed by atoms with Crippen molar-refractivity contribution in [3.8, 4) is 5.75 Å². The zero-order valence-electron chi connectivity index (χ0n) is 16.3. The number of hydrogen-bond acceptors (Lipinski definition) is 6. The van der Waals surface area contributed by atoms with Gasteiger partial charge in [-0.15, -0.1) is 11.3 Å². The number of aromatic nitrogens is 1. The fraction of sp³-hybridized carbons (Fsp3) is 0.476. The summed E-state index contributed by atoms with van der Waals surface area (Å²) in [6.07, 6.45) is 2.68. The van der Waals surface area contributed by atoms with Crippen LogP contribution in [0.4, 0.5) is 0 Å². The maximum absolute atomic E-state index is 9.48. The van der Waals surface area contributed by atoms with Gasteiger partial charge in [0, 0.05) is 11.8 Å². The van der Waals surface area contributed by atoms with E-state index in [9.17, 15) is 5.11 Å². The molecule has 3 atom stereocenters. The Morgan fingerprint density at radius 3 is 2.70 bits per heavy atom. The van der Waals surface area contributed by atoms with Crippen LogP contribution in [0.3, 0.4) is 0 Å². The number of methoxy groups -OCH3 is 1. The van der Waals surface area contributed by atoms with Gasteiger partial charge < -0.3 is 19.3 Å². The van der Waals surface area contributed by atoms with E-state index in [0.29, 0.717) is 13.0 Å². The molecule has 0 aliphatic carbocycles. The standard InChI is InChI=1S/C21H27NO4S/c1-14(9-17-12-27-15(2)22-17)19(10-20-21(3,13-23)26-20)25-11-16-5-7-18(24-4)8-6-16/h5-9,12,19-20,23H,10-11,13H2,1-4H3/b14-9+/t19-,20-,21+/m0/s1. The van der Waals surface area contributed by atoms with E-state index < -0.39 is 5.60 Å². The fourth-order valence-corrected chi connectivity index (χ4v) is 3.57. The van der Waals surface area contributed by atoms with E-state index in [4.69, 9.17) is 14.2 Å². The van der Waals surface area contributed by atoms with E-state index in [0.717, 1.165) is 27.6 Å². The van der Waals surface area contributed by atoms with Crippen LogP contribution in [0.25, 0.3) is 6.08 Å². The van der Waals surface area contributed by atoms with Gasteiger partial charge in [-0.05, 0) is 50.1 Å². The van der Waals surface area contributed by atoms with Crippen molar-refractivity contribution >= 4 is 17.4 Å². The highest BCUT2D eigenvalue weighted by Crippen LogP contribution is 2.40. The summed E-state index contributed by atoms with van der Waals surface area (Å²) in [4.78, 5) is 4.51. The molecule has 0 spiro atoms. The average Bonchev–Trinajstić information content (AvgIpc) is 3.14. The fourth-order valence-electron chi connectivity index (χ4n) is 3.00. The first-order valence-corrected chi connectivity index (χ1v) is 9.95. The molecule has 0 amide bonds. The zero-order chi connectivity index (χ0) is 19.4. The highest BCUT2D eigenvalue weighted by Gasteiger charge is 2.52. The molecule has 0 saturated carbocycles. The highest BCUT2D eigenvalue weighted by atomic mass is 32.1. The number of aliphatic hydroxyl groups excluding tert-OH is 1. The van der Waals surface area contributed by atoms with Crippen molar-refractivity contribution in [3.63, 3.8) is 0 Å². The third kappa shape index (κ3) is 5.17. The third-order valence-corrected chi connectivity index (χ3v) is 5.70. The Morgan fingerprint density at radius 1 is 1.41 bits per heavy atom. The van der Waals surface area contributed by atoms with Crippen molar-refractivity contribution in [2.24, 2.45) is 0 Å². The molecule has 3 rings (SSSR count). The minimum Gasteiger partial charge on any atom is -0.497 e. The van der Waals surface area contributed by atoms with Crippen LogP contribution >= 0.6 is 11.3 Å². The molecule has 0 unspecified atom stereocenters. The predicted molar refractivity (Wildman–Crippen MR) is 107 cm³/mol. The van der Waals surface area contributed by atoms with Gasteiger partial charge in [0.15, 0.2) is 0 Å². The Balaban J connectivity index is 1.69. The second-order valence-corrected chi connectivity index (χ2v) is 8.20. The molecule has 1 N–H and O–H groups in total. The number of ether oxygens (including phenoxy) is 3. The molecule has 1 aromatic carbocycles. The van der Waals surface area contributed by atoms with Crippen molar-refractivity contribution in [3.05, 3.63) is 51.5 Å². The average molecular weight is 390 g/mol. The summed E-state index contributed by atoms with van der Waals surface area (Å²) in [5.41, 5.74) is 2.69. The molecule has 1 aliphatic rings. The quantitative estimate of drug-likeness (QED) is 0.657. The van der Waals surface area contributed by atoms with Gasteiger partial charge in [0.05, 0.1) is 43.2 Å². The molecule has 1 aliphatic heterocycles. The Hall–Kier alpha value is -1.73. The lowest BCUT2D eigenvalue weighted by Gasteiger charge is -2.19. The summed E-state index contributed by atoms with van der Waals surface area (Å²) in [5.74, 6) is 0.829. The first-order valence-electron chi connectivity index (χ1n) is 9.07. The van der Waals surface area contributed by atoms with Crippen molar-refractivity contribution in [2.75, 3.05) is 13.7 Å². The molecule has 1 fully saturated rings. The molecule has 1 saturated heterocycles. The van der Waals surface area contributed by atoms with Gasteiger partial charge in [0.2, 0.25) is 0 Å². The Bertz CT molecular complexity index is 786. The van der Waals surface area contributed by atoms with Crippen LogP contribution in [0.1, 0.15) is 36.5 Å². The molecular formula is C21H27NO4S. The van der Waals surface area contributed by atoms with Gasteiger partial charge in [0.25, 0.3) is 0 Å². The predicted octanol–water partition coefficient (Wildman–Crippen LogP) is 3.99. The largest absolute Gasteiger partial charge is 0.497 e. The van der Waals surface area contributed by atoms with Crippen LogP contribution in [-0.4, -0.2) is 41.6 Å². The second-order valence-electron chi connectivity index (χ2n) is 7.14. The number of hydrogen-bond donors (Lipinski definition) is 1. The molecule has 6 heteroatoms. The van der Waals surface area contributed by atoms with Crippen molar-refractivity contribution in [1.82, 2.24) is 4.98 Å². The van der Waals surface area contributed by atoms with E-state index in [-0.39, 0.29) is 18.8 Å². The Morgan fingerprint density at radius 2 is 2.15 bits per heavy atom. The molecule has 146 valence electrons. The molecule has 0 bridgehead atoms. The van der Waals surface area contributed by atoms with Gasteiger partial charge >= 0.3 is 0 Å². The Labute approximate surface area is 164 Å². The summed E-state index contributed by atoms with van der Waals surface area (Å²) in [7, 11) is 1.66. The first-order chi connectivity index (χ1) is 12.9. The minimum absolute atomic E-state index is 0.00360. The number of aliphatic hydroxyl groups is 1. The van der Waals surface area contributed by atoms with E-state index in [1.807, 2.05) is 43.5 Å². The van der Waals surface area contributed by atoms with Crippen molar-refractivity contribution in [2.45, 2.75) is 51.6 Å². The SMILES string of the molecule is COc1ccc(CO[C@@H](C[C@@H]2O[C@]2(C)CO)/C(C)=C/c2csc(C)n2)cc1. The summed E-state index contributed by atoms with van der Waals surface area (Å²) >= 11 is 1.64. The van der Waals surface area contributed by atoms with Crippen LogP contribution < -0.4 is 4.74 Å². The maximum Gasteiger partial charge on any atom is 0.118 e. The first kappa shape index (κ1) is 20.0. The van der Waals surface area contributed by atoms with Gasteiger partial charge in [-0.25, -0.2) is 4.98 Å². The van der Waals surface area contributed by atoms with E-state index in [1.54, 1.807) is 18.4 Å². The number of benzene rings is 1. The van der Waals surface area contributed by atoms with Crippen LogP contribution in [0.5, 0.6) is 5.75 Å². The maximum atomic E-state index is 9.48. The normalized spacial score (nSPS) is 23.3. The van der Waals surface area contributed by atoms with Crippen molar-refractivity contribution < 1.29 is 19.3 Å². The van der Waals surface area contributed by atoms with E-state index in [2.05, 4.69) is 18.0 Å². The monoisotopic (exact) mass is 389 g/mol. The highest BCUT2D eigenvalue weighted by molar-refractivity contribution is 7.09. The van der Waals surface area contributed by atoms with Crippen LogP contribution in [-0.2, 0) is 16.1 Å². The summed E-state index contributed by atoms with van der Waals surface area (Å²) in [6.45, 7) is 6.52. The lowest BCUT2D eigenvalue weighted by molar-refractivity contribution is 0.0544. The number of rotatable bonds is 9. The van der Waals surface area contributed by atoms with Crippen molar-refractivity contribution in [1.29, 1.82) is 0 Å². The molecular weight excluding hydrogens is 362 g/mol. The van der Waals surface area contributed by atoms with Crippen LogP contribution in [0.2, 0.25) is 0 Å². The topological polar surface area (TPSA) is 64.1 Å². The smallest absolute Gasteiger partial charge is 0.118 e. The third-order valence-electron chi connectivity index (χ3n) is 4.91. The van der Waals surface area contributed by atoms with Gasteiger partial charge in [-0.2, -0.15) is 0 Å². The molecule has 0 radical (unpaired) electrons. The molecule has 1 aromatic heterocycles.